The van der Waals surface area contributed by atoms with Gasteiger partial charge < -0.3 is 15.3 Å². The number of rotatable bonds is 5. The van der Waals surface area contributed by atoms with Gasteiger partial charge in [0.15, 0.2) is 0 Å². The third-order valence-electron chi connectivity index (χ3n) is 4.95. The van der Waals surface area contributed by atoms with Crippen LogP contribution in [0.25, 0.3) is 0 Å². The Morgan fingerprint density at radius 1 is 1.35 bits per heavy atom. The molecule has 23 heavy (non-hydrogen) atoms. The van der Waals surface area contributed by atoms with Gasteiger partial charge in [-0.3, -0.25) is 4.90 Å². The number of urea groups is 1. The minimum atomic E-state index is -0.00284. The van der Waals surface area contributed by atoms with Gasteiger partial charge in [-0.15, -0.1) is 11.3 Å². The average molecular weight is 337 g/mol. The number of carbonyl (C=O) groups excluding carboxylic acids is 1. The van der Waals surface area contributed by atoms with Crippen molar-refractivity contribution in [2.24, 2.45) is 5.92 Å². The van der Waals surface area contributed by atoms with Gasteiger partial charge in [-0.25, -0.2) is 4.79 Å². The maximum absolute atomic E-state index is 12.3. The van der Waals surface area contributed by atoms with Crippen LogP contribution in [0, 0.1) is 5.92 Å². The zero-order valence-corrected chi connectivity index (χ0v) is 14.4. The second-order valence-corrected chi connectivity index (χ2v) is 7.71. The molecule has 0 bridgehead atoms. The number of thiophene rings is 1. The molecule has 2 aliphatic heterocycles. The number of aliphatic hydroxyl groups excluding tert-OH is 1. The van der Waals surface area contributed by atoms with E-state index in [4.69, 9.17) is 0 Å². The molecule has 5 nitrogen and oxygen atoms in total. The number of piperidine rings is 1. The van der Waals surface area contributed by atoms with Gasteiger partial charge in [-0.2, -0.15) is 0 Å². The highest BCUT2D eigenvalue weighted by Crippen LogP contribution is 2.21. The molecule has 1 aromatic rings. The van der Waals surface area contributed by atoms with Gasteiger partial charge in [0.1, 0.15) is 0 Å². The second-order valence-electron chi connectivity index (χ2n) is 6.68. The second kappa shape index (κ2) is 8.13. The number of hydrogen-bond donors (Lipinski definition) is 2. The molecule has 1 unspecified atom stereocenters. The minimum absolute atomic E-state index is 0.00284. The van der Waals surface area contributed by atoms with Crippen LogP contribution in [0.4, 0.5) is 4.79 Å². The highest BCUT2D eigenvalue weighted by molar-refractivity contribution is 7.09. The quantitative estimate of drug-likeness (QED) is 0.865. The number of likely N-dealkylation sites (tertiary alicyclic amines) is 2. The Morgan fingerprint density at radius 3 is 3.00 bits per heavy atom. The Morgan fingerprint density at radius 2 is 2.22 bits per heavy atom. The predicted octanol–water partition coefficient (Wildman–Crippen LogP) is 2.13. The van der Waals surface area contributed by atoms with E-state index in [0.29, 0.717) is 5.92 Å². The molecule has 0 saturated carbocycles. The summed E-state index contributed by atoms with van der Waals surface area (Å²) >= 11 is 1.81. The fourth-order valence-electron chi connectivity index (χ4n) is 3.71. The van der Waals surface area contributed by atoms with E-state index in [1.54, 1.807) is 4.90 Å². The van der Waals surface area contributed by atoms with E-state index in [2.05, 4.69) is 27.7 Å². The molecule has 6 heteroatoms. The smallest absolute Gasteiger partial charge is 0.317 e. The van der Waals surface area contributed by atoms with Crippen molar-refractivity contribution in [3.05, 3.63) is 22.4 Å². The van der Waals surface area contributed by atoms with E-state index in [9.17, 15) is 9.90 Å². The minimum Gasteiger partial charge on any atom is -0.394 e. The third kappa shape index (κ3) is 4.46. The Bertz CT molecular complexity index is 494. The molecule has 2 aliphatic rings. The molecular formula is C17H27N3O2S. The molecule has 2 saturated heterocycles. The van der Waals surface area contributed by atoms with Crippen LogP contribution in [0.2, 0.25) is 0 Å². The van der Waals surface area contributed by atoms with Gasteiger partial charge >= 0.3 is 6.03 Å². The van der Waals surface area contributed by atoms with Gasteiger partial charge in [0.25, 0.3) is 0 Å². The Labute approximate surface area is 142 Å². The zero-order valence-electron chi connectivity index (χ0n) is 13.6. The van der Waals surface area contributed by atoms with Gasteiger partial charge in [0.2, 0.25) is 0 Å². The van der Waals surface area contributed by atoms with Crippen LogP contribution < -0.4 is 5.32 Å². The van der Waals surface area contributed by atoms with E-state index in [-0.39, 0.29) is 18.7 Å². The first-order valence-electron chi connectivity index (χ1n) is 8.66. The van der Waals surface area contributed by atoms with Gasteiger partial charge in [0.05, 0.1) is 12.6 Å². The molecule has 0 aliphatic carbocycles. The van der Waals surface area contributed by atoms with Gasteiger partial charge in [-0.05, 0) is 49.6 Å². The lowest BCUT2D eigenvalue weighted by Crippen LogP contribution is -2.47. The molecule has 2 atom stereocenters. The van der Waals surface area contributed by atoms with Crippen molar-refractivity contribution in [3.63, 3.8) is 0 Å². The summed E-state index contributed by atoms with van der Waals surface area (Å²) in [5.74, 6) is 0.530. The van der Waals surface area contributed by atoms with Crippen LogP contribution in [-0.2, 0) is 6.54 Å². The topological polar surface area (TPSA) is 55.8 Å². The lowest BCUT2D eigenvalue weighted by Gasteiger charge is -2.33. The summed E-state index contributed by atoms with van der Waals surface area (Å²) in [5.41, 5.74) is 0. The fraction of sp³-hybridized carbons (Fsp3) is 0.706. The summed E-state index contributed by atoms with van der Waals surface area (Å²) in [4.78, 5) is 18.0. The summed E-state index contributed by atoms with van der Waals surface area (Å²) in [5, 5.41) is 14.6. The molecule has 0 spiro atoms. The van der Waals surface area contributed by atoms with E-state index in [1.165, 1.54) is 17.7 Å². The number of carbonyl (C=O) groups is 1. The average Bonchev–Trinajstić information content (AvgIpc) is 3.24. The van der Waals surface area contributed by atoms with Crippen molar-refractivity contribution in [1.29, 1.82) is 0 Å². The Balaban J connectivity index is 1.43. The molecule has 3 rings (SSSR count). The number of nitrogens with one attached hydrogen (secondary N) is 1. The van der Waals surface area contributed by atoms with Crippen LogP contribution >= 0.6 is 11.3 Å². The molecular weight excluding hydrogens is 310 g/mol. The summed E-state index contributed by atoms with van der Waals surface area (Å²) in [6, 6.07) is 4.31. The monoisotopic (exact) mass is 337 g/mol. The predicted molar refractivity (Wildman–Crippen MR) is 92.5 cm³/mol. The van der Waals surface area contributed by atoms with Crippen molar-refractivity contribution in [2.75, 3.05) is 32.8 Å². The summed E-state index contributed by atoms with van der Waals surface area (Å²) in [6.07, 6.45) is 4.30. The molecule has 3 heterocycles. The van der Waals surface area contributed by atoms with E-state index >= 15 is 0 Å². The number of hydrogen-bond acceptors (Lipinski definition) is 4. The molecule has 2 fully saturated rings. The first-order valence-corrected chi connectivity index (χ1v) is 9.54. The van der Waals surface area contributed by atoms with Crippen molar-refractivity contribution < 1.29 is 9.90 Å². The SMILES string of the molecule is O=C(NCC1CCCN(Cc2cccs2)C1)N1CCC[C@H]1CO. The molecule has 2 N–H and O–H groups in total. The largest absolute Gasteiger partial charge is 0.394 e. The fourth-order valence-corrected chi connectivity index (χ4v) is 4.46. The van der Waals surface area contributed by atoms with Gasteiger partial charge in [0, 0.05) is 31.1 Å². The molecule has 128 valence electrons. The Hall–Kier alpha value is -1.11. The van der Waals surface area contributed by atoms with Crippen LogP contribution in [0.5, 0.6) is 0 Å². The van der Waals surface area contributed by atoms with Crippen LogP contribution in [0.15, 0.2) is 17.5 Å². The summed E-state index contributed by atoms with van der Waals surface area (Å²) in [6.45, 7) is 4.83. The lowest BCUT2D eigenvalue weighted by atomic mass is 9.98. The number of nitrogens with zero attached hydrogens (tertiary/aromatic N) is 2. The summed E-state index contributed by atoms with van der Waals surface area (Å²) in [7, 11) is 0. The summed E-state index contributed by atoms with van der Waals surface area (Å²) < 4.78 is 0. The maximum atomic E-state index is 12.3. The van der Waals surface area contributed by atoms with Crippen molar-refractivity contribution >= 4 is 17.4 Å². The van der Waals surface area contributed by atoms with Crippen molar-refractivity contribution in [1.82, 2.24) is 15.1 Å². The first-order chi connectivity index (χ1) is 11.3. The Kier molecular flexibility index (Phi) is 5.91. The zero-order chi connectivity index (χ0) is 16.1. The third-order valence-corrected chi connectivity index (χ3v) is 5.81. The first kappa shape index (κ1) is 16.7. The normalized spacial score (nSPS) is 25.7. The van der Waals surface area contributed by atoms with Crippen molar-refractivity contribution in [3.8, 4) is 0 Å². The number of aliphatic hydroxyl groups is 1. The highest BCUT2D eigenvalue weighted by Gasteiger charge is 2.28. The lowest BCUT2D eigenvalue weighted by molar-refractivity contribution is 0.146. The van der Waals surface area contributed by atoms with E-state index in [0.717, 1.165) is 45.6 Å². The molecule has 0 aromatic carbocycles. The number of amides is 2. The van der Waals surface area contributed by atoms with Crippen molar-refractivity contribution in [2.45, 2.75) is 38.3 Å². The van der Waals surface area contributed by atoms with Crippen LogP contribution in [0.3, 0.4) is 0 Å². The van der Waals surface area contributed by atoms with Gasteiger partial charge in [-0.1, -0.05) is 6.07 Å². The van der Waals surface area contributed by atoms with Crippen LogP contribution in [0.1, 0.15) is 30.6 Å². The maximum Gasteiger partial charge on any atom is 0.317 e. The molecule has 0 radical (unpaired) electrons. The van der Waals surface area contributed by atoms with E-state index in [1.807, 2.05) is 11.3 Å². The standard InChI is InChI=1S/C17H27N3O2S/c21-13-15-5-2-8-20(15)17(22)18-10-14-4-1-7-19(11-14)12-16-6-3-9-23-16/h3,6,9,14-15,21H,1-2,4-5,7-8,10-13H2,(H,18,22)/t14?,15-/m0/s1. The molecule has 2 amide bonds. The highest BCUT2D eigenvalue weighted by atomic mass is 32.1. The van der Waals surface area contributed by atoms with E-state index < -0.39 is 0 Å². The van der Waals surface area contributed by atoms with Crippen LogP contribution in [-0.4, -0.2) is 59.8 Å². The molecule has 1 aromatic heterocycles.